The van der Waals surface area contributed by atoms with Crippen LogP contribution in [-0.4, -0.2) is 23.5 Å². The first-order valence-electron chi connectivity index (χ1n) is 8.45. The predicted octanol–water partition coefficient (Wildman–Crippen LogP) is 3.16. The van der Waals surface area contributed by atoms with Crippen molar-refractivity contribution in [1.29, 1.82) is 0 Å². The van der Waals surface area contributed by atoms with Crippen molar-refractivity contribution < 1.29 is 14.7 Å². The lowest BCUT2D eigenvalue weighted by Crippen LogP contribution is -2.35. The Balaban J connectivity index is 1.81. The maximum absolute atomic E-state index is 12.2. The van der Waals surface area contributed by atoms with Crippen molar-refractivity contribution in [2.75, 3.05) is 6.54 Å². The lowest BCUT2D eigenvalue weighted by molar-refractivity contribution is -0.144. The lowest BCUT2D eigenvalue weighted by Gasteiger charge is -2.25. The predicted molar refractivity (Wildman–Crippen MR) is 90.5 cm³/mol. The minimum atomic E-state index is -0.728. The third kappa shape index (κ3) is 4.57. The molecule has 1 aliphatic carbocycles. The maximum Gasteiger partial charge on any atom is 0.306 e. The van der Waals surface area contributed by atoms with E-state index in [1.54, 1.807) is 0 Å². The molecule has 0 heterocycles. The van der Waals surface area contributed by atoms with Crippen molar-refractivity contribution in [3.8, 4) is 0 Å². The fraction of sp³-hybridized carbons (Fsp3) is 0.579. The summed E-state index contributed by atoms with van der Waals surface area (Å²) in [6, 6.07) is 4.36. The van der Waals surface area contributed by atoms with E-state index >= 15 is 0 Å². The summed E-state index contributed by atoms with van der Waals surface area (Å²) in [7, 11) is 0. The second-order valence-electron chi connectivity index (χ2n) is 6.81. The molecule has 1 aromatic carbocycles. The smallest absolute Gasteiger partial charge is 0.306 e. The number of hydrogen-bond acceptors (Lipinski definition) is 2. The van der Waals surface area contributed by atoms with Gasteiger partial charge in [0, 0.05) is 12.5 Å². The molecule has 126 valence electrons. The van der Waals surface area contributed by atoms with E-state index in [4.69, 9.17) is 5.11 Å². The van der Waals surface area contributed by atoms with Crippen LogP contribution in [0.2, 0.25) is 0 Å². The van der Waals surface area contributed by atoms with Gasteiger partial charge >= 0.3 is 5.97 Å². The van der Waals surface area contributed by atoms with Gasteiger partial charge in [-0.05, 0) is 69.6 Å². The van der Waals surface area contributed by atoms with Crippen molar-refractivity contribution >= 4 is 11.9 Å². The van der Waals surface area contributed by atoms with E-state index in [-0.39, 0.29) is 17.7 Å². The second kappa shape index (κ2) is 7.62. The normalized spacial score (nSPS) is 21.0. The minimum Gasteiger partial charge on any atom is -0.481 e. The SMILES string of the molecule is Cc1cc(C)c(CCNC(=O)C2CCC(C(=O)O)CC2)c(C)c1. The van der Waals surface area contributed by atoms with Crippen molar-refractivity contribution in [1.82, 2.24) is 5.32 Å². The van der Waals surface area contributed by atoms with Crippen LogP contribution in [0.3, 0.4) is 0 Å². The van der Waals surface area contributed by atoms with Gasteiger partial charge in [-0.1, -0.05) is 17.7 Å². The Kier molecular flexibility index (Phi) is 5.80. The molecule has 23 heavy (non-hydrogen) atoms. The van der Waals surface area contributed by atoms with Crippen molar-refractivity contribution in [3.63, 3.8) is 0 Å². The summed E-state index contributed by atoms with van der Waals surface area (Å²) in [6.07, 6.45) is 3.44. The second-order valence-corrected chi connectivity index (χ2v) is 6.81. The number of aliphatic carboxylic acids is 1. The zero-order chi connectivity index (χ0) is 17.0. The molecule has 1 amide bonds. The first-order valence-corrected chi connectivity index (χ1v) is 8.45. The Morgan fingerprint density at radius 2 is 1.57 bits per heavy atom. The van der Waals surface area contributed by atoms with E-state index in [1.165, 1.54) is 22.3 Å². The highest BCUT2D eigenvalue weighted by Crippen LogP contribution is 2.29. The molecule has 1 saturated carbocycles. The van der Waals surface area contributed by atoms with Gasteiger partial charge in [-0.2, -0.15) is 0 Å². The quantitative estimate of drug-likeness (QED) is 0.876. The molecule has 4 nitrogen and oxygen atoms in total. The molecule has 2 rings (SSSR count). The molecule has 1 fully saturated rings. The lowest BCUT2D eigenvalue weighted by atomic mass is 9.81. The summed E-state index contributed by atoms with van der Waals surface area (Å²) in [5.41, 5.74) is 5.13. The number of carboxylic acid groups (broad SMARTS) is 1. The minimum absolute atomic E-state index is 0.0224. The Morgan fingerprint density at radius 1 is 1.04 bits per heavy atom. The van der Waals surface area contributed by atoms with Gasteiger partial charge in [0.05, 0.1) is 5.92 Å². The van der Waals surface area contributed by atoms with Crippen molar-refractivity contribution in [2.24, 2.45) is 11.8 Å². The van der Waals surface area contributed by atoms with Crippen LogP contribution in [0, 0.1) is 32.6 Å². The largest absolute Gasteiger partial charge is 0.481 e. The van der Waals surface area contributed by atoms with Crippen LogP contribution in [0.5, 0.6) is 0 Å². The first kappa shape index (κ1) is 17.5. The number of hydrogen-bond donors (Lipinski definition) is 2. The number of rotatable bonds is 5. The van der Waals surface area contributed by atoms with E-state index in [0.717, 1.165) is 6.42 Å². The Hall–Kier alpha value is -1.84. The van der Waals surface area contributed by atoms with Gasteiger partial charge in [-0.15, -0.1) is 0 Å². The van der Waals surface area contributed by atoms with E-state index in [9.17, 15) is 9.59 Å². The maximum atomic E-state index is 12.2. The molecule has 0 saturated heterocycles. The van der Waals surface area contributed by atoms with E-state index in [1.807, 2.05) is 0 Å². The van der Waals surface area contributed by atoms with Gasteiger partial charge < -0.3 is 10.4 Å². The fourth-order valence-electron chi connectivity index (χ4n) is 3.66. The number of carbonyl (C=O) groups excluding carboxylic acids is 1. The molecule has 2 N–H and O–H groups in total. The summed E-state index contributed by atoms with van der Waals surface area (Å²) in [4.78, 5) is 23.2. The molecule has 4 heteroatoms. The number of carboxylic acids is 1. The van der Waals surface area contributed by atoms with Gasteiger partial charge in [0.15, 0.2) is 0 Å². The topological polar surface area (TPSA) is 66.4 Å². The summed E-state index contributed by atoms with van der Waals surface area (Å²) >= 11 is 0. The summed E-state index contributed by atoms with van der Waals surface area (Å²) < 4.78 is 0. The van der Waals surface area contributed by atoms with E-state index in [2.05, 4.69) is 38.2 Å². The molecule has 0 aliphatic heterocycles. The molecule has 0 atom stereocenters. The highest BCUT2D eigenvalue weighted by Gasteiger charge is 2.29. The molecule has 1 aliphatic rings. The van der Waals surface area contributed by atoms with Crippen LogP contribution in [0.25, 0.3) is 0 Å². The Morgan fingerprint density at radius 3 is 2.09 bits per heavy atom. The number of carbonyl (C=O) groups is 2. The summed E-state index contributed by atoms with van der Waals surface area (Å²) in [6.45, 7) is 6.97. The molecule has 0 unspecified atom stereocenters. The number of aryl methyl sites for hydroxylation is 3. The third-order valence-electron chi connectivity index (χ3n) is 4.96. The Bertz CT molecular complexity index is 563. The highest BCUT2D eigenvalue weighted by molar-refractivity contribution is 5.79. The van der Waals surface area contributed by atoms with Crippen LogP contribution < -0.4 is 5.32 Å². The van der Waals surface area contributed by atoms with Crippen LogP contribution in [0.1, 0.15) is 47.9 Å². The van der Waals surface area contributed by atoms with E-state index in [0.29, 0.717) is 32.2 Å². The zero-order valence-electron chi connectivity index (χ0n) is 14.3. The fourth-order valence-corrected chi connectivity index (χ4v) is 3.66. The van der Waals surface area contributed by atoms with Crippen LogP contribution in [-0.2, 0) is 16.0 Å². The number of benzene rings is 1. The van der Waals surface area contributed by atoms with E-state index < -0.39 is 5.97 Å². The van der Waals surface area contributed by atoms with Gasteiger partial charge in [0.2, 0.25) is 5.91 Å². The van der Waals surface area contributed by atoms with Crippen LogP contribution in [0.4, 0.5) is 0 Å². The van der Waals surface area contributed by atoms with Crippen LogP contribution >= 0.6 is 0 Å². The van der Waals surface area contributed by atoms with Crippen molar-refractivity contribution in [2.45, 2.75) is 52.9 Å². The molecule has 0 aromatic heterocycles. The zero-order valence-corrected chi connectivity index (χ0v) is 14.3. The van der Waals surface area contributed by atoms with Gasteiger partial charge in [0.25, 0.3) is 0 Å². The van der Waals surface area contributed by atoms with Gasteiger partial charge in [-0.25, -0.2) is 0 Å². The molecule has 0 bridgehead atoms. The molecular formula is C19H27NO3. The third-order valence-corrected chi connectivity index (χ3v) is 4.96. The molecule has 0 spiro atoms. The van der Waals surface area contributed by atoms with Gasteiger partial charge in [-0.3, -0.25) is 9.59 Å². The Labute approximate surface area is 138 Å². The number of nitrogens with one attached hydrogen (secondary N) is 1. The highest BCUT2D eigenvalue weighted by atomic mass is 16.4. The average Bonchev–Trinajstić information content (AvgIpc) is 2.49. The summed E-state index contributed by atoms with van der Waals surface area (Å²) in [5.74, 6) is -0.937. The van der Waals surface area contributed by atoms with Crippen molar-refractivity contribution in [3.05, 3.63) is 34.4 Å². The average molecular weight is 317 g/mol. The number of amides is 1. The molecule has 0 radical (unpaired) electrons. The molecular weight excluding hydrogens is 290 g/mol. The standard InChI is InChI=1S/C19H27NO3/c1-12-10-13(2)17(14(3)11-12)8-9-20-18(21)15-4-6-16(7-5-15)19(22)23/h10-11,15-16H,4-9H2,1-3H3,(H,20,21)(H,22,23). The molecule has 1 aromatic rings. The van der Waals surface area contributed by atoms with Crippen LogP contribution in [0.15, 0.2) is 12.1 Å². The van der Waals surface area contributed by atoms with Gasteiger partial charge in [0.1, 0.15) is 0 Å². The monoisotopic (exact) mass is 317 g/mol. The summed E-state index contributed by atoms with van der Waals surface area (Å²) in [5, 5.41) is 12.0. The first-order chi connectivity index (χ1) is 10.9.